The van der Waals surface area contributed by atoms with Crippen LogP contribution >= 0.6 is 11.6 Å². The Morgan fingerprint density at radius 1 is 1.47 bits per heavy atom. The summed E-state index contributed by atoms with van der Waals surface area (Å²) in [5.74, 6) is 1.30. The summed E-state index contributed by atoms with van der Waals surface area (Å²) in [6.45, 7) is 5.27. The van der Waals surface area contributed by atoms with Crippen molar-refractivity contribution < 1.29 is 4.92 Å². The Bertz CT molecular complexity index is 523. The minimum atomic E-state index is -0.415. The number of halogens is 1. The number of hydrogen-bond donors (Lipinski definition) is 1. The van der Waals surface area contributed by atoms with Crippen molar-refractivity contribution in [2.24, 2.45) is 11.8 Å². The number of rotatable bonds is 2. The van der Waals surface area contributed by atoms with Crippen LogP contribution in [0.5, 0.6) is 0 Å². The second-order valence-corrected chi connectivity index (χ2v) is 5.78. The fourth-order valence-electron chi connectivity index (χ4n) is 3.33. The normalized spacial score (nSPS) is 29.6. The third kappa shape index (κ3) is 2.07. The van der Waals surface area contributed by atoms with E-state index in [4.69, 9.17) is 11.6 Å². The molecule has 2 fully saturated rings. The second-order valence-electron chi connectivity index (χ2n) is 5.37. The predicted molar refractivity (Wildman–Crippen MR) is 74.8 cm³/mol. The highest BCUT2D eigenvalue weighted by Gasteiger charge is 2.42. The molecule has 5 nitrogen and oxygen atoms in total. The summed E-state index contributed by atoms with van der Waals surface area (Å²) in [7, 11) is 0. The Morgan fingerprint density at radius 3 is 2.89 bits per heavy atom. The molecule has 0 aromatic heterocycles. The molecule has 2 aliphatic heterocycles. The Morgan fingerprint density at radius 2 is 2.26 bits per heavy atom. The number of fused-ring (bicyclic) bond motifs is 1. The molecule has 102 valence electrons. The molecular weight excluding hydrogens is 266 g/mol. The molecule has 0 amide bonds. The van der Waals surface area contributed by atoms with Crippen molar-refractivity contribution in [1.82, 2.24) is 5.32 Å². The fourth-order valence-corrected chi connectivity index (χ4v) is 3.61. The third-order valence-electron chi connectivity index (χ3n) is 4.39. The molecule has 6 heteroatoms. The molecule has 1 aromatic rings. The maximum Gasteiger partial charge on any atom is 0.271 e. The van der Waals surface area contributed by atoms with E-state index < -0.39 is 4.92 Å². The lowest BCUT2D eigenvalue weighted by atomic mass is 9.95. The summed E-state index contributed by atoms with van der Waals surface area (Å²) >= 11 is 6.21. The topological polar surface area (TPSA) is 58.4 Å². The van der Waals surface area contributed by atoms with Crippen molar-refractivity contribution in [3.8, 4) is 0 Å². The quantitative estimate of drug-likeness (QED) is 0.667. The van der Waals surface area contributed by atoms with Gasteiger partial charge in [-0.05, 0) is 24.8 Å². The first-order valence-corrected chi connectivity index (χ1v) is 6.87. The van der Waals surface area contributed by atoms with E-state index in [2.05, 4.69) is 17.1 Å². The highest BCUT2D eigenvalue weighted by Crippen LogP contribution is 2.39. The van der Waals surface area contributed by atoms with Gasteiger partial charge >= 0.3 is 0 Å². The van der Waals surface area contributed by atoms with E-state index in [0.29, 0.717) is 22.9 Å². The Hall–Kier alpha value is -1.33. The fraction of sp³-hybridized carbons (Fsp3) is 0.538. The summed E-state index contributed by atoms with van der Waals surface area (Å²) in [6.07, 6.45) is 0. The number of hydrogen-bond acceptors (Lipinski definition) is 4. The van der Waals surface area contributed by atoms with Gasteiger partial charge in [-0.3, -0.25) is 10.1 Å². The highest BCUT2D eigenvalue weighted by molar-refractivity contribution is 6.33. The van der Waals surface area contributed by atoms with Gasteiger partial charge in [0.05, 0.1) is 15.6 Å². The van der Waals surface area contributed by atoms with E-state index >= 15 is 0 Å². The summed E-state index contributed by atoms with van der Waals surface area (Å²) in [4.78, 5) is 12.6. The van der Waals surface area contributed by atoms with Crippen LogP contribution in [0.25, 0.3) is 0 Å². The molecular formula is C13H16ClN3O2. The lowest BCUT2D eigenvalue weighted by Gasteiger charge is -2.27. The van der Waals surface area contributed by atoms with Gasteiger partial charge in [-0.25, -0.2) is 0 Å². The molecule has 3 rings (SSSR count). The molecule has 0 spiro atoms. The van der Waals surface area contributed by atoms with Crippen molar-refractivity contribution in [3.63, 3.8) is 0 Å². The first-order valence-electron chi connectivity index (χ1n) is 6.49. The van der Waals surface area contributed by atoms with Gasteiger partial charge < -0.3 is 10.2 Å². The molecule has 3 atom stereocenters. The minimum absolute atomic E-state index is 0.0439. The van der Waals surface area contributed by atoms with Crippen molar-refractivity contribution in [2.75, 3.05) is 24.5 Å². The van der Waals surface area contributed by atoms with Crippen LogP contribution in [0, 0.1) is 22.0 Å². The van der Waals surface area contributed by atoms with Gasteiger partial charge in [-0.2, -0.15) is 0 Å². The number of nitro benzene ring substituents is 1. The molecule has 1 aromatic carbocycles. The van der Waals surface area contributed by atoms with Gasteiger partial charge in [-0.1, -0.05) is 11.6 Å². The van der Waals surface area contributed by atoms with Gasteiger partial charge in [0.2, 0.25) is 0 Å². The van der Waals surface area contributed by atoms with E-state index in [-0.39, 0.29) is 5.69 Å². The second kappa shape index (κ2) is 4.65. The van der Waals surface area contributed by atoms with Gasteiger partial charge in [0.25, 0.3) is 5.69 Å². The largest absolute Gasteiger partial charge is 0.367 e. The van der Waals surface area contributed by atoms with Gasteiger partial charge in [-0.15, -0.1) is 0 Å². The number of non-ortho nitro benzene ring substituents is 1. The van der Waals surface area contributed by atoms with Gasteiger partial charge in [0.1, 0.15) is 0 Å². The molecule has 2 aliphatic rings. The van der Waals surface area contributed by atoms with Crippen molar-refractivity contribution in [3.05, 3.63) is 33.3 Å². The van der Waals surface area contributed by atoms with Crippen LogP contribution in [-0.2, 0) is 0 Å². The molecule has 0 saturated carbocycles. The molecule has 2 heterocycles. The van der Waals surface area contributed by atoms with Crippen LogP contribution in [0.4, 0.5) is 11.4 Å². The summed E-state index contributed by atoms with van der Waals surface area (Å²) < 4.78 is 0. The average molecular weight is 282 g/mol. The van der Waals surface area contributed by atoms with Crippen LogP contribution in [-0.4, -0.2) is 30.6 Å². The maximum absolute atomic E-state index is 10.7. The van der Waals surface area contributed by atoms with Crippen molar-refractivity contribution >= 4 is 23.0 Å². The minimum Gasteiger partial charge on any atom is -0.367 e. The molecule has 3 unspecified atom stereocenters. The van der Waals surface area contributed by atoms with Crippen LogP contribution in [0.1, 0.15) is 6.92 Å². The van der Waals surface area contributed by atoms with Gasteiger partial charge in [0.15, 0.2) is 0 Å². The van der Waals surface area contributed by atoms with E-state index in [0.717, 1.165) is 25.3 Å². The highest BCUT2D eigenvalue weighted by atomic mass is 35.5. The standard InChI is InChI=1S/C13H16ClN3O2/c1-8-11-6-15-5-9(11)7-16(8)13-3-2-10(17(18)19)4-12(13)14/h2-4,8-9,11,15H,5-7H2,1H3. The smallest absolute Gasteiger partial charge is 0.271 e. The zero-order valence-corrected chi connectivity index (χ0v) is 11.4. The number of anilines is 1. The Kier molecular flexibility index (Phi) is 3.11. The van der Waals surface area contributed by atoms with E-state index in [1.54, 1.807) is 6.07 Å². The lowest BCUT2D eigenvalue weighted by molar-refractivity contribution is -0.384. The van der Waals surface area contributed by atoms with Gasteiger partial charge in [0, 0.05) is 37.8 Å². The van der Waals surface area contributed by atoms with E-state index in [1.807, 2.05) is 0 Å². The molecule has 0 aliphatic carbocycles. The Labute approximate surface area is 116 Å². The zero-order valence-electron chi connectivity index (χ0n) is 10.7. The number of nitro groups is 1. The number of benzene rings is 1. The maximum atomic E-state index is 10.7. The molecule has 2 saturated heterocycles. The first-order chi connectivity index (χ1) is 9.08. The van der Waals surface area contributed by atoms with Crippen molar-refractivity contribution in [2.45, 2.75) is 13.0 Å². The molecule has 1 N–H and O–H groups in total. The summed E-state index contributed by atoms with van der Waals surface area (Å²) in [5, 5.41) is 14.6. The monoisotopic (exact) mass is 281 g/mol. The van der Waals surface area contributed by atoms with Crippen LogP contribution in [0.15, 0.2) is 18.2 Å². The van der Waals surface area contributed by atoms with Crippen LogP contribution in [0.3, 0.4) is 0 Å². The number of nitrogens with zero attached hydrogens (tertiary/aromatic N) is 2. The summed E-state index contributed by atoms with van der Waals surface area (Å²) in [6, 6.07) is 5.15. The zero-order chi connectivity index (χ0) is 13.6. The van der Waals surface area contributed by atoms with E-state index in [9.17, 15) is 10.1 Å². The molecule has 19 heavy (non-hydrogen) atoms. The third-order valence-corrected chi connectivity index (χ3v) is 4.69. The lowest BCUT2D eigenvalue weighted by Crippen LogP contribution is -2.33. The molecule has 0 bridgehead atoms. The number of nitrogens with one attached hydrogen (secondary N) is 1. The average Bonchev–Trinajstić information content (AvgIpc) is 2.93. The SMILES string of the molecule is CC1C2CNCC2CN1c1ccc([N+](=O)[O-])cc1Cl. The first kappa shape index (κ1) is 12.7. The predicted octanol–water partition coefficient (Wildman–Crippen LogP) is 2.29. The summed E-state index contributed by atoms with van der Waals surface area (Å²) in [5.41, 5.74) is 0.955. The van der Waals surface area contributed by atoms with Crippen LogP contribution < -0.4 is 10.2 Å². The Balaban J connectivity index is 1.89. The van der Waals surface area contributed by atoms with Crippen molar-refractivity contribution in [1.29, 1.82) is 0 Å². The van der Waals surface area contributed by atoms with E-state index in [1.165, 1.54) is 12.1 Å². The van der Waals surface area contributed by atoms with Crippen LogP contribution in [0.2, 0.25) is 5.02 Å². The molecule has 0 radical (unpaired) electrons.